The molecule has 7 nitrogen and oxygen atoms in total. The summed E-state index contributed by atoms with van der Waals surface area (Å²) in [6.07, 6.45) is 0. The first-order valence-electron chi connectivity index (χ1n) is 10.1. The smallest absolute Gasteiger partial charge is 0.274 e. The summed E-state index contributed by atoms with van der Waals surface area (Å²) in [5.74, 6) is -0.784. The molecule has 0 aliphatic carbocycles. The molecule has 1 saturated heterocycles. The number of sulfonamides is 1. The van der Waals surface area contributed by atoms with Crippen molar-refractivity contribution in [2.45, 2.75) is 51.0 Å². The van der Waals surface area contributed by atoms with Crippen molar-refractivity contribution in [1.82, 2.24) is 19.0 Å². The van der Waals surface area contributed by atoms with Gasteiger partial charge in [0.25, 0.3) is 5.91 Å². The maximum absolute atomic E-state index is 14.0. The van der Waals surface area contributed by atoms with Gasteiger partial charge >= 0.3 is 0 Å². The van der Waals surface area contributed by atoms with Gasteiger partial charge in [0.15, 0.2) is 5.69 Å². The molecule has 1 fully saturated rings. The number of carbonyl (C=O) groups excluding carboxylic acids is 1. The summed E-state index contributed by atoms with van der Waals surface area (Å²) in [6, 6.07) is 7.15. The number of piperazine rings is 1. The molecular weight excluding hydrogens is 407 g/mol. The molecule has 1 aliphatic rings. The molecule has 1 aromatic carbocycles. The fourth-order valence-electron chi connectivity index (χ4n) is 3.54. The van der Waals surface area contributed by atoms with Gasteiger partial charge in [0.05, 0.1) is 5.54 Å². The van der Waals surface area contributed by atoms with Crippen molar-refractivity contribution in [2.75, 3.05) is 26.2 Å². The predicted molar refractivity (Wildman–Crippen MR) is 112 cm³/mol. The van der Waals surface area contributed by atoms with Gasteiger partial charge in [0, 0.05) is 31.9 Å². The molecule has 1 aliphatic heterocycles. The van der Waals surface area contributed by atoms with Crippen molar-refractivity contribution < 1.29 is 17.6 Å². The lowest BCUT2D eigenvalue weighted by Gasteiger charge is -2.33. The Morgan fingerprint density at radius 1 is 1.10 bits per heavy atom. The molecule has 2 aromatic rings. The summed E-state index contributed by atoms with van der Waals surface area (Å²) in [4.78, 5) is 14.3. The van der Waals surface area contributed by atoms with Crippen LogP contribution in [0.1, 0.15) is 56.7 Å². The summed E-state index contributed by atoms with van der Waals surface area (Å²) >= 11 is 0. The first-order valence-corrected chi connectivity index (χ1v) is 11.5. The molecule has 0 N–H and O–H groups in total. The van der Waals surface area contributed by atoms with Gasteiger partial charge < -0.3 is 4.90 Å². The predicted octanol–water partition coefficient (Wildman–Crippen LogP) is 3.05. The number of hydrogen-bond donors (Lipinski definition) is 0. The van der Waals surface area contributed by atoms with Gasteiger partial charge in [0.2, 0.25) is 10.0 Å². The Bertz CT molecular complexity index is 1030. The highest BCUT2D eigenvalue weighted by Gasteiger charge is 2.33. The molecule has 0 radical (unpaired) electrons. The van der Waals surface area contributed by atoms with Crippen molar-refractivity contribution in [3.05, 3.63) is 47.5 Å². The van der Waals surface area contributed by atoms with Crippen LogP contribution in [0.3, 0.4) is 0 Å². The van der Waals surface area contributed by atoms with Crippen molar-refractivity contribution in [3.8, 4) is 0 Å². The fraction of sp³-hybridized carbons (Fsp3) is 0.524. The summed E-state index contributed by atoms with van der Waals surface area (Å²) < 4.78 is 42.6. The van der Waals surface area contributed by atoms with Gasteiger partial charge in [-0.2, -0.15) is 9.40 Å². The van der Waals surface area contributed by atoms with E-state index in [2.05, 4.69) is 18.9 Å². The Kier molecular flexibility index (Phi) is 6.06. The first-order chi connectivity index (χ1) is 13.9. The average Bonchev–Trinajstić information content (AvgIpc) is 3.14. The van der Waals surface area contributed by atoms with Crippen molar-refractivity contribution in [3.63, 3.8) is 0 Å². The Hall–Kier alpha value is -2.26. The van der Waals surface area contributed by atoms with Gasteiger partial charge in [-0.15, -0.1) is 0 Å². The topological polar surface area (TPSA) is 75.5 Å². The number of rotatable bonds is 4. The summed E-state index contributed by atoms with van der Waals surface area (Å²) in [5, 5.41) is 4.55. The highest BCUT2D eigenvalue weighted by Crippen LogP contribution is 2.25. The quantitative estimate of drug-likeness (QED) is 0.738. The van der Waals surface area contributed by atoms with Crippen LogP contribution in [-0.2, 0) is 15.6 Å². The van der Waals surface area contributed by atoms with Crippen LogP contribution in [-0.4, -0.2) is 59.5 Å². The number of nitrogens with zero attached hydrogens (tertiary/aromatic N) is 4. The van der Waals surface area contributed by atoms with Crippen LogP contribution in [0.4, 0.5) is 4.39 Å². The standard InChI is InChI=1S/C21H29FN4O3S/c1-15(2)18-14-17(23-26(18)21(3,4)5)20(27)24-10-12-25(13-11-24)30(28,29)19-9-7-6-8-16(19)22/h6-9,14-15H,10-13H2,1-5H3. The van der Waals surface area contributed by atoms with E-state index in [-0.39, 0.29) is 48.4 Å². The van der Waals surface area contributed by atoms with Crippen LogP contribution in [0.25, 0.3) is 0 Å². The molecule has 0 saturated carbocycles. The second-order valence-corrected chi connectivity index (χ2v) is 10.7. The van der Waals surface area contributed by atoms with Crippen LogP contribution in [0, 0.1) is 5.82 Å². The lowest BCUT2D eigenvalue weighted by Crippen LogP contribution is -2.50. The number of benzene rings is 1. The van der Waals surface area contributed by atoms with Gasteiger partial charge in [-0.1, -0.05) is 26.0 Å². The minimum Gasteiger partial charge on any atom is -0.335 e. The molecule has 2 heterocycles. The van der Waals surface area contributed by atoms with Crippen LogP contribution < -0.4 is 0 Å². The molecule has 3 rings (SSSR count). The maximum atomic E-state index is 14.0. The molecule has 1 aromatic heterocycles. The van der Waals surface area contributed by atoms with E-state index >= 15 is 0 Å². The third-order valence-corrected chi connectivity index (χ3v) is 7.10. The minimum atomic E-state index is -3.94. The molecule has 164 valence electrons. The number of amides is 1. The average molecular weight is 437 g/mol. The molecule has 0 atom stereocenters. The van der Waals surface area contributed by atoms with Crippen LogP contribution >= 0.6 is 0 Å². The Labute approximate surface area is 177 Å². The molecule has 0 unspecified atom stereocenters. The summed E-state index contributed by atoms with van der Waals surface area (Å²) in [6.45, 7) is 10.9. The zero-order valence-electron chi connectivity index (χ0n) is 18.1. The van der Waals surface area contributed by atoms with Crippen LogP contribution in [0.15, 0.2) is 35.2 Å². The van der Waals surface area contributed by atoms with E-state index in [1.165, 1.54) is 22.5 Å². The summed E-state index contributed by atoms with van der Waals surface area (Å²) in [7, 11) is -3.94. The van der Waals surface area contributed by atoms with E-state index in [4.69, 9.17) is 0 Å². The van der Waals surface area contributed by atoms with Crippen molar-refractivity contribution in [2.24, 2.45) is 0 Å². The number of halogens is 1. The van der Waals surface area contributed by atoms with Crippen LogP contribution in [0.2, 0.25) is 0 Å². The second-order valence-electron chi connectivity index (χ2n) is 8.82. The molecule has 0 bridgehead atoms. The fourth-order valence-corrected chi connectivity index (χ4v) is 5.02. The largest absolute Gasteiger partial charge is 0.335 e. The lowest BCUT2D eigenvalue weighted by atomic mass is 10.1. The zero-order valence-corrected chi connectivity index (χ0v) is 18.9. The number of carbonyl (C=O) groups is 1. The molecular formula is C21H29FN4O3S. The highest BCUT2D eigenvalue weighted by atomic mass is 32.2. The van der Waals surface area contributed by atoms with E-state index in [1.807, 2.05) is 31.5 Å². The zero-order chi connectivity index (χ0) is 22.3. The Morgan fingerprint density at radius 2 is 1.70 bits per heavy atom. The van der Waals surface area contributed by atoms with E-state index in [0.717, 1.165) is 11.8 Å². The monoisotopic (exact) mass is 436 g/mol. The Morgan fingerprint density at radius 3 is 2.20 bits per heavy atom. The number of aromatic nitrogens is 2. The minimum absolute atomic E-state index is 0.111. The van der Waals surface area contributed by atoms with Gasteiger partial charge in [-0.25, -0.2) is 12.8 Å². The molecule has 0 spiro atoms. The Balaban J connectivity index is 1.76. The van der Waals surface area contributed by atoms with E-state index in [0.29, 0.717) is 5.69 Å². The third kappa shape index (κ3) is 4.27. The second kappa shape index (κ2) is 8.11. The SMILES string of the molecule is CC(C)c1cc(C(=O)N2CCN(S(=O)(=O)c3ccccc3F)CC2)nn1C(C)(C)C. The molecule has 30 heavy (non-hydrogen) atoms. The third-order valence-electron chi connectivity index (χ3n) is 5.16. The normalized spacial score (nSPS) is 16.3. The molecule has 1 amide bonds. The summed E-state index contributed by atoms with van der Waals surface area (Å²) in [5.41, 5.74) is 1.08. The maximum Gasteiger partial charge on any atom is 0.274 e. The molecule has 9 heteroatoms. The van der Waals surface area contributed by atoms with E-state index < -0.39 is 15.8 Å². The van der Waals surface area contributed by atoms with E-state index in [1.54, 1.807) is 4.90 Å². The van der Waals surface area contributed by atoms with Crippen molar-refractivity contribution >= 4 is 15.9 Å². The first kappa shape index (κ1) is 22.4. The van der Waals surface area contributed by atoms with Gasteiger partial charge in [-0.05, 0) is 44.9 Å². The number of hydrogen-bond acceptors (Lipinski definition) is 4. The van der Waals surface area contributed by atoms with E-state index in [9.17, 15) is 17.6 Å². The lowest BCUT2D eigenvalue weighted by molar-refractivity contribution is 0.0690. The van der Waals surface area contributed by atoms with Crippen LogP contribution in [0.5, 0.6) is 0 Å². The van der Waals surface area contributed by atoms with Gasteiger partial charge in [0.1, 0.15) is 10.7 Å². The van der Waals surface area contributed by atoms with Crippen molar-refractivity contribution in [1.29, 1.82) is 0 Å². The van der Waals surface area contributed by atoms with Gasteiger partial charge in [-0.3, -0.25) is 9.48 Å². The highest BCUT2D eigenvalue weighted by molar-refractivity contribution is 7.89.